The fourth-order valence-corrected chi connectivity index (χ4v) is 2.56. The molecule has 0 atom stereocenters. The SMILES string of the molecule is CCCCCCC(=C(OC)C(=O)O)c1ccccc1CC. The van der Waals surface area contributed by atoms with Gasteiger partial charge in [0.15, 0.2) is 0 Å². The number of carboxylic acids is 1. The molecule has 0 unspecified atom stereocenters. The van der Waals surface area contributed by atoms with Crippen molar-refractivity contribution in [1.29, 1.82) is 0 Å². The molecule has 0 aromatic heterocycles. The Hall–Kier alpha value is -1.77. The van der Waals surface area contributed by atoms with E-state index in [0.29, 0.717) is 0 Å². The number of rotatable bonds is 9. The number of hydrogen-bond acceptors (Lipinski definition) is 2. The van der Waals surface area contributed by atoms with Gasteiger partial charge in [-0.2, -0.15) is 0 Å². The molecule has 0 saturated heterocycles. The quantitative estimate of drug-likeness (QED) is 0.408. The van der Waals surface area contributed by atoms with E-state index in [0.717, 1.165) is 36.8 Å². The third-order valence-corrected chi connectivity index (χ3v) is 3.68. The molecule has 3 nitrogen and oxygen atoms in total. The summed E-state index contributed by atoms with van der Waals surface area (Å²) in [5, 5.41) is 9.39. The average molecular weight is 290 g/mol. The van der Waals surface area contributed by atoms with Gasteiger partial charge < -0.3 is 9.84 Å². The molecule has 0 spiro atoms. The van der Waals surface area contributed by atoms with Crippen molar-refractivity contribution in [3.63, 3.8) is 0 Å². The summed E-state index contributed by atoms with van der Waals surface area (Å²) in [6.45, 7) is 4.25. The molecule has 116 valence electrons. The van der Waals surface area contributed by atoms with E-state index in [-0.39, 0.29) is 5.76 Å². The smallest absolute Gasteiger partial charge is 0.371 e. The van der Waals surface area contributed by atoms with Crippen LogP contribution in [0.4, 0.5) is 0 Å². The fourth-order valence-electron chi connectivity index (χ4n) is 2.56. The van der Waals surface area contributed by atoms with E-state index in [2.05, 4.69) is 19.9 Å². The van der Waals surface area contributed by atoms with Gasteiger partial charge in [-0.1, -0.05) is 57.4 Å². The number of aryl methyl sites for hydroxylation is 1. The summed E-state index contributed by atoms with van der Waals surface area (Å²) in [4.78, 5) is 11.5. The molecule has 1 rings (SSSR count). The summed E-state index contributed by atoms with van der Waals surface area (Å²) in [6.07, 6.45) is 6.07. The summed E-state index contributed by atoms with van der Waals surface area (Å²) in [5.41, 5.74) is 2.99. The molecule has 0 bridgehead atoms. The molecule has 1 N–H and O–H groups in total. The first-order valence-corrected chi connectivity index (χ1v) is 7.74. The summed E-state index contributed by atoms with van der Waals surface area (Å²) >= 11 is 0. The van der Waals surface area contributed by atoms with Crippen LogP contribution in [-0.4, -0.2) is 18.2 Å². The number of methoxy groups -OCH3 is 1. The van der Waals surface area contributed by atoms with Crippen LogP contribution in [0, 0.1) is 0 Å². The topological polar surface area (TPSA) is 46.5 Å². The first-order chi connectivity index (χ1) is 10.2. The van der Waals surface area contributed by atoms with Crippen LogP contribution in [0.2, 0.25) is 0 Å². The van der Waals surface area contributed by atoms with Crippen LogP contribution in [0.3, 0.4) is 0 Å². The molecule has 3 heteroatoms. The van der Waals surface area contributed by atoms with E-state index in [9.17, 15) is 9.90 Å². The number of hydrogen-bond donors (Lipinski definition) is 1. The lowest BCUT2D eigenvalue weighted by molar-refractivity contribution is -0.135. The molecule has 0 aliphatic carbocycles. The van der Waals surface area contributed by atoms with Gasteiger partial charge in [0.2, 0.25) is 5.76 Å². The highest BCUT2D eigenvalue weighted by atomic mass is 16.5. The van der Waals surface area contributed by atoms with Crippen molar-refractivity contribution in [3.8, 4) is 0 Å². The van der Waals surface area contributed by atoms with Gasteiger partial charge in [0.05, 0.1) is 7.11 Å². The second-order valence-electron chi connectivity index (χ2n) is 5.14. The summed E-state index contributed by atoms with van der Waals surface area (Å²) in [6, 6.07) is 7.99. The van der Waals surface area contributed by atoms with Crippen LogP contribution in [0.1, 0.15) is 57.1 Å². The Labute approximate surface area is 127 Å². The number of carbonyl (C=O) groups is 1. The van der Waals surface area contributed by atoms with Crippen molar-refractivity contribution in [2.45, 2.75) is 52.4 Å². The van der Waals surface area contributed by atoms with Crippen molar-refractivity contribution in [2.24, 2.45) is 0 Å². The lowest BCUT2D eigenvalue weighted by Gasteiger charge is -2.15. The van der Waals surface area contributed by atoms with E-state index in [1.165, 1.54) is 25.5 Å². The number of benzene rings is 1. The van der Waals surface area contributed by atoms with E-state index in [1.807, 2.05) is 18.2 Å². The van der Waals surface area contributed by atoms with Gasteiger partial charge in [-0.3, -0.25) is 0 Å². The number of carboxylic acid groups (broad SMARTS) is 1. The van der Waals surface area contributed by atoms with Crippen LogP contribution < -0.4 is 0 Å². The van der Waals surface area contributed by atoms with Crippen LogP contribution in [0.5, 0.6) is 0 Å². The predicted octanol–water partition coefficient (Wildman–Crippen LogP) is 4.66. The first-order valence-electron chi connectivity index (χ1n) is 7.74. The summed E-state index contributed by atoms with van der Waals surface area (Å²) in [5.74, 6) is -0.915. The monoisotopic (exact) mass is 290 g/mol. The largest absolute Gasteiger partial charge is 0.490 e. The van der Waals surface area contributed by atoms with Crippen molar-refractivity contribution < 1.29 is 14.6 Å². The van der Waals surface area contributed by atoms with Crippen molar-refractivity contribution in [1.82, 2.24) is 0 Å². The molecule has 0 heterocycles. The molecule has 0 aliphatic rings. The average Bonchev–Trinajstić information content (AvgIpc) is 2.50. The highest BCUT2D eigenvalue weighted by molar-refractivity contribution is 5.94. The molecule has 0 fully saturated rings. The highest BCUT2D eigenvalue weighted by Gasteiger charge is 2.18. The molecular weight excluding hydrogens is 264 g/mol. The van der Waals surface area contributed by atoms with E-state index in [4.69, 9.17) is 4.74 Å². The van der Waals surface area contributed by atoms with Crippen LogP contribution in [-0.2, 0) is 16.0 Å². The molecule has 1 aromatic rings. The minimum Gasteiger partial charge on any atom is -0.490 e. The van der Waals surface area contributed by atoms with Crippen LogP contribution >= 0.6 is 0 Å². The zero-order valence-corrected chi connectivity index (χ0v) is 13.3. The molecule has 0 saturated carbocycles. The van der Waals surface area contributed by atoms with E-state index in [1.54, 1.807) is 0 Å². The molecule has 21 heavy (non-hydrogen) atoms. The normalized spacial score (nSPS) is 12.0. The molecular formula is C18H26O3. The maximum absolute atomic E-state index is 11.5. The summed E-state index contributed by atoms with van der Waals surface area (Å²) < 4.78 is 5.16. The van der Waals surface area contributed by atoms with Gasteiger partial charge in [-0.15, -0.1) is 0 Å². The number of allylic oxidation sites excluding steroid dienone is 1. The van der Waals surface area contributed by atoms with Gasteiger partial charge >= 0.3 is 5.97 Å². The maximum atomic E-state index is 11.5. The Morgan fingerprint density at radius 3 is 2.43 bits per heavy atom. The minimum absolute atomic E-state index is 0.0763. The Morgan fingerprint density at radius 2 is 1.86 bits per heavy atom. The van der Waals surface area contributed by atoms with Crippen LogP contribution in [0.15, 0.2) is 30.0 Å². The third kappa shape index (κ3) is 4.92. The van der Waals surface area contributed by atoms with Crippen molar-refractivity contribution in [2.75, 3.05) is 7.11 Å². The zero-order chi connectivity index (χ0) is 15.7. The molecule has 0 radical (unpaired) electrons. The van der Waals surface area contributed by atoms with Crippen LogP contribution in [0.25, 0.3) is 5.57 Å². The third-order valence-electron chi connectivity index (χ3n) is 3.68. The second-order valence-corrected chi connectivity index (χ2v) is 5.14. The number of aliphatic carboxylic acids is 1. The zero-order valence-electron chi connectivity index (χ0n) is 13.3. The van der Waals surface area contributed by atoms with E-state index >= 15 is 0 Å². The Balaban J connectivity index is 3.15. The lowest BCUT2D eigenvalue weighted by Crippen LogP contribution is -2.08. The standard InChI is InChI=1S/C18H26O3/c1-4-6-7-8-13-16(17(21-3)18(19)20)15-12-10-9-11-14(15)5-2/h9-12H,4-8,13H2,1-3H3,(H,19,20). The predicted molar refractivity (Wildman–Crippen MR) is 86.1 cm³/mol. The van der Waals surface area contributed by atoms with Gasteiger partial charge in [0.25, 0.3) is 0 Å². The number of unbranched alkanes of at least 4 members (excludes halogenated alkanes) is 3. The molecule has 0 amide bonds. The Morgan fingerprint density at radius 1 is 1.14 bits per heavy atom. The van der Waals surface area contributed by atoms with Gasteiger partial charge in [0.1, 0.15) is 0 Å². The van der Waals surface area contributed by atoms with Gasteiger partial charge in [-0.25, -0.2) is 4.79 Å². The van der Waals surface area contributed by atoms with Crippen molar-refractivity contribution in [3.05, 3.63) is 41.2 Å². The van der Waals surface area contributed by atoms with E-state index < -0.39 is 5.97 Å². The van der Waals surface area contributed by atoms with Crippen molar-refractivity contribution >= 4 is 11.5 Å². The molecule has 1 aromatic carbocycles. The maximum Gasteiger partial charge on any atom is 0.371 e. The summed E-state index contributed by atoms with van der Waals surface area (Å²) in [7, 11) is 1.43. The minimum atomic E-state index is -0.992. The second kappa shape index (κ2) is 9.22. The Kier molecular flexibility index (Phi) is 7.59. The fraction of sp³-hybridized carbons (Fsp3) is 0.500. The van der Waals surface area contributed by atoms with Gasteiger partial charge in [0, 0.05) is 5.57 Å². The molecule has 0 aliphatic heterocycles. The van der Waals surface area contributed by atoms with Gasteiger partial charge in [-0.05, 0) is 30.4 Å². The lowest BCUT2D eigenvalue weighted by atomic mass is 9.93. The Bertz CT molecular complexity index is 489. The number of ether oxygens (including phenoxy) is 1. The highest BCUT2D eigenvalue weighted by Crippen LogP contribution is 2.29. The first kappa shape index (κ1) is 17.3.